The summed E-state index contributed by atoms with van der Waals surface area (Å²) >= 11 is 0. The minimum Gasteiger partial charge on any atom is -0.353 e. The van der Waals surface area contributed by atoms with E-state index >= 15 is 0 Å². The van der Waals surface area contributed by atoms with Gasteiger partial charge in [-0.25, -0.2) is 9.97 Å². The summed E-state index contributed by atoms with van der Waals surface area (Å²) < 4.78 is 0. The molecule has 154 valence electrons. The Bertz CT molecular complexity index is 832. The highest BCUT2D eigenvalue weighted by Gasteiger charge is 2.29. The van der Waals surface area contributed by atoms with E-state index in [9.17, 15) is 4.79 Å². The van der Waals surface area contributed by atoms with Gasteiger partial charge in [0.25, 0.3) is 5.91 Å². The average Bonchev–Trinajstić information content (AvgIpc) is 2.79. The molecule has 1 unspecified atom stereocenters. The van der Waals surface area contributed by atoms with Crippen LogP contribution in [0.2, 0.25) is 0 Å². The molecule has 6 nitrogen and oxygen atoms in total. The smallest absolute Gasteiger partial charge is 0.259 e. The molecule has 1 amide bonds. The maximum absolute atomic E-state index is 13.4. The van der Waals surface area contributed by atoms with Crippen molar-refractivity contribution < 1.29 is 4.79 Å². The topological polar surface area (TPSA) is 52.6 Å². The number of likely N-dealkylation sites (N-methyl/N-ethyl adjacent to an activating group) is 1. The summed E-state index contributed by atoms with van der Waals surface area (Å²) in [6.45, 7) is 9.77. The SMILES string of the molecule is CCN1CCN(C(=O)c2cnc(-c3ccccc3)nc2N2CCCCC2C)CC1. The summed E-state index contributed by atoms with van der Waals surface area (Å²) in [6, 6.07) is 10.4. The number of hydrogen-bond acceptors (Lipinski definition) is 5. The number of anilines is 1. The van der Waals surface area contributed by atoms with E-state index in [1.807, 2.05) is 35.2 Å². The summed E-state index contributed by atoms with van der Waals surface area (Å²) in [6.07, 6.45) is 5.25. The fourth-order valence-electron chi connectivity index (χ4n) is 4.32. The van der Waals surface area contributed by atoms with Gasteiger partial charge >= 0.3 is 0 Å². The van der Waals surface area contributed by atoms with Gasteiger partial charge in [0.05, 0.1) is 0 Å². The second kappa shape index (κ2) is 8.91. The van der Waals surface area contributed by atoms with Gasteiger partial charge in [-0.05, 0) is 32.7 Å². The third-order valence-corrected chi connectivity index (χ3v) is 6.21. The number of carbonyl (C=O) groups excluding carboxylic acids is 1. The summed E-state index contributed by atoms with van der Waals surface area (Å²) in [4.78, 5) is 29.6. The third-order valence-electron chi connectivity index (χ3n) is 6.21. The molecule has 3 heterocycles. The zero-order chi connectivity index (χ0) is 20.2. The van der Waals surface area contributed by atoms with Crippen molar-refractivity contribution in [2.75, 3.05) is 44.2 Å². The van der Waals surface area contributed by atoms with Crippen LogP contribution in [-0.4, -0.2) is 71.0 Å². The molecule has 2 fully saturated rings. The fourth-order valence-corrected chi connectivity index (χ4v) is 4.32. The Kier molecular flexibility index (Phi) is 6.09. The average molecular weight is 394 g/mol. The second-order valence-corrected chi connectivity index (χ2v) is 8.06. The predicted molar refractivity (Wildman–Crippen MR) is 116 cm³/mol. The van der Waals surface area contributed by atoms with E-state index in [0.29, 0.717) is 17.4 Å². The normalized spacial score (nSPS) is 20.7. The van der Waals surface area contributed by atoms with Crippen molar-refractivity contribution in [1.82, 2.24) is 19.8 Å². The van der Waals surface area contributed by atoms with Crippen molar-refractivity contribution in [1.29, 1.82) is 0 Å². The van der Waals surface area contributed by atoms with E-state index in [2.05, 4.69) is 28.6 Å². The van der Waals surface area contributed by atoms with Gasteiger partial charge in [0, 0.05) is 50.5 Å². The Morgan fingerprint density at radius 1 is 1.07 bits per heavy atom. The van der Waals surface area contributed by atoms with Crippen molar-refractivity contribution in [2.45, 2.75) is 39.2 Å². The van der Waals surface area contributed by atoms with Gasteiger partial charge in [-0.15, -0.1) is 0 Å². The molecule has 1 aromatic carbocycles. The molecule has 4 rings (SSSR count). The highest BCUT2D eigenvalue weighted by Crippen LogP contribution is 2.29. The standard InChI is InChI=1S/C23H31N5O/c1-3-26-13-15-27(16-14-26)23(29)20-17-24-21(19-10-5-4-6-11-19)25-22(20)28-12-8-7-9-18(28)2/h4-6,10-11,17-18H,3,7-9,12-16H2,1-2H3. The fraction of sp³-hybridized carbons (Fsp3) is 0.522. The van der Waals surface area contributed by atoms with E-state index in [-0.39, 0.29) is 5.91 Å². The number of amides is 1. The first kappa shape index (κ1) is 19.8. The van der Waals surface area contributed by atoms with Crippen LogP contribution in [-0.2, 0) is 0 Å². The number of carbonyl (C=O) groups is 1. The molecule has 2 aliphatic heterocycles. The number of nitrogens with zero attached hydrogens (tertiary/aromatic N) is 5. The van der Waals surface area contributed by atoms with E-state index in [0.717, 1.165) is 63.5 Å². The minimum atomic E-state index is 0.0631. The Morgan fingerprint density at radius 2 is 1.83 bits per heavy atom. The van der Waals surface area contributed by atoms with E-state index in [4.69, 9.17) is 4.98 Å². The highest BCUT2D eigenvalue weighted by atomic mass is 16.2. The predicted octanol–water partition coefficient (Wildman–Crippen LogP) is 3.30. The first-order chi connectivity index (χ1) is 14.2. The molecule has 2 aliphatic rings. The van der Waals surface area contributed by atoms with Gasteiger partial charge in [-0.3, -0.25) is 4.79 Å². The Balaban J connectivity index is 1.68. The van der Waals surface area contributed by atoms with Gasteiger partial charge in [0.1, 0.15) is 11.4 Å². The van der Waals surface area contributed by atoms with Crippen LogP contribution in [0.15, 0.2) is 36.5 Å². The van der Waals surface area contributed by atoms with Gasteiger partial charge in [-0.2, -0.15) is 0 Å². The second-order valence-electron chi connectivity index (χ2n) is 8.06. The Morgan fingerprint density at radius 3 is 2.52 bits per heavy atom. The van der Waals surface area contributed by atoms with Crippen LogP contribution in [0, 0.1) is 0 Å². The van der Waals surface area contributed by atoms with Crippen molar-refractivity contribution in [3.05, 3.63) is 42.1 Å². The lowest BCUT2D eigenvalue weighted by molar-refractivity contribution is 0.0643. The molecule has 2 saturated heterocycles. The summed E-state index contributed by atoms with van der Waals surface area (Å²) in [5, 5.41) is 0. The molecule has 0 spiro atoms. The van der Waals surface area contributed by atoms with Crippen molar-refractivity contribution in [3.63, 3.8) is 0 Å². The van der Waals surface area contributed by atoms with Crippen molar-refractivity contribution >= 4 is 11.7 Å². The lowest BCUT2D eigenvalue weighted by Crippen LogP contribution is -2.49. The summed E-state index contributed by atoms with van der Waals surface area (Å²) in [7, 11) is 0. The Hall–Kier alpha value is -2.47. The van der Waals surface area contributed by atoms with E-state index in [1.165, 1.54) is 6.42 Å². The molecule has 6 heteroatoms. The number of aromatic nitrogens is 2. The number of piperidine rings is 1. The van der Waals surface area contributed by atoms with E-state index in [1.54, 1.807) is 6.20 Å². The minimum absolute atomic E-state index is 0.0631. The molecule has 29 heavy (non-hydrogen) atoms. The lowest BCUT2D eigenvalue weighted by atomic mass is 10.0. The number of benzene rings is 1. The highest BCUT2D eigenvalue weighted by molar-refractivity contribution is 5.99. The van der Waals surface area contributed by atoms with Crippen molar-refractivity contribution in [3.8, 4) is 11.4 Å². The van der Waals surface area contributed by atoms with Crippen LogP contribution >= 0.6 is 0 Å². The van der Waals surface area contributed by atoms with Crippen LogP contribution in [0.1, 0.15) is 43.5 Å². The molecule has 0 N–H and O–H groups in total. The van der Waals surface area contributed by atoms with Crippen LogP contribution in [0.3, 0.4) is 0 Å². The molecule has 0 radical (unpaired) electrons. The Labute approximate surface area is 173 Å². The largest absolute Gasteiger partial charge is 0.353 e. The molecule has 0 saturated carbocycles. The van der Waals surface area contributed by atoms with Crippen molar-refractivity contribution in [2.24, 2.45) is 0 Å². The first-order valence-corrected chi connectivity index (χ1v) is 10.9. The maximum atomic E-state index is 13.4. The molecule has 0 aliphatic carbocycles. The molecule has 2 aromatic rings. The van der Waals surface area contributed by atoms with E-state index < -0.39 is 0 Å². The van der Waals surface area contributed by atoms with Crippen LogP contribution in [0.5, 0.6) is 0 Å². The quantitative estimate of drug-likeness (QED) is 0.798. The molecule has 0 bridgehead atoms. The van der Waals surface area contributed by atoms with Gasteiger partial charge < -0.3 is 14.7 Å². The number of rotatable bonds is 4. The van der Waals surface area contributed by atoms with Crippen LogP contribution in [0.4, 0.5) is 5.82 Å². The van der Waals surface area contributed by atoms with Gasteiger partial charge in [-0.1, -0.05) is 37.3 Å². The van der Waals surface area contributed by atoms with Gasteiger partial charge in [0.2, 0.25) is 0 Å². The molecular weight excluding hydrogens is 362 g/mol. The zero-order valence-electron chi connectivity index (χ0n) is 17.5. The van der Waals surface area contributed by atoms with Gasteiger partial charge in [0.15, 0.2) is 5.82 Å². The monoisotopic (exact) mass is 393 g/mol. The third kappa shape index (κ3) is 4.27. The maximum Gasteiger partial charge on any atom is 0.259 e. The lowest BCUT2D eigenvalue weighted by Gasteiger charge is -2.37. The summed E-state index contributed by atoms with van der Waals surface area (Å²) in [5.74, 6) is 1.55. The van der Waals surface area contributed by atoms with Crippen LogP contribution < -0.4 is 4.90 Å². The van der Waals surface area contributed by atoms with Crippen LogP contribution in [0.25, 0.3) is 11.4 Å². The molecule has 1 atom stereocenters. The summed E-state index contributed by atoms with van der Waals surface area (Å²) in [5.41, 5.74) is 1.62. The molecule has 1 aromatic heterocycles. The number of hydrogen-bond donors (Lipinski definition) is 0. The first-order valence-electron chi connectivity index (χ1n) is 10.9. The zero-order valence-corrected chi connectivity index (χ0v) is 17.5. The number of piperazine rings is 1. The molecular formula is C23H31N5O.